The van der Waals surface area contributed by atoms with Gasteiger partial charge in [-0.2, -0.15) is 0 Å². The van der Waals surface area contributed by atoms with E-state index in [-0.39, 0.29) is 0 Å². The summed E-state index contributed by atoms with van der Waals surface area (Å²) in [5.74, 6) is 0.868. The maximum atomic E-state index is 5.97. The van der Waals surface area contributed by atoms with Crippen LogP contribution in [0.15, 0.2) is 28.0 Å². The van der Waals surface area contributed by atoms with E-state index in [1.54, 1.807) is 12.5 Å². The minimum absolute atomic E-state index is 0.323. The first-order valence-electron chi connectivity index (χ1n) is 8.38. The van der Waals surface area contributed by atoms with Crippen molar-refractivity contribution < 1.29 is 9.15 Å². The minimum atomic E-state index is 0.323. The average molecular weight is 305 g/mol. The number of furan rings is 1. The zero-order valence-corrected chi connectivity index (χ0v) is 13.6. The number of ether oxygens (including phenoxy) is 1. The number of hydrogen-bond acceptors (Lipinski definition) is 3. The Morgan fingerprint density at radius 3 is 2.91 bits per heavy atom. The van der Waals surface area contributed by atoms with E-state index in [1.165, 1.54) is 25.7 Å². The quantitative estimate of drug-likeness (QED) is 0.648. The van der Waals surface area contributed by atoms with E-state index < -0.39 is 0 Å². The largest absolute Gasteiger partial charge is 0.472 e. The van der Waals surface area contributed by atoms with Crippen LogP contribution in [0.1, 0.15) is 44.6 Å². The number of guanidine groups is 1. The monoisotopic (exact) mass is 305 g/mol. The van der Waals surface area contributed by atoms with Crippen LogP contribution >= 0.6 is 0 Å². The molecular weight excluding hydrogens is 278 g/mol. The van der Waals surface area contributed by atoms with Crippen molar-refractivity contribution >= 4 is 5.96 Å². The fraction of sp³-hybridized carbons (Fsp3) is 0.706. The van der Waals surface area contributed by atoms with E-state index in [0.29, 0.717) is 17.6 Å². The molecule has 122 valence electrons. The molecule has 2 aliphatic carbocycles. The third kappa shape index (κ3) is 2.86. The second-order valence-electron chi connectivity index (χ2n) is 6.37. The van der Waals surface area contributed by atoms with Gasteiger partial charge in [-0.05, 0) is 32.3 Å². The summed E-state index contributed by atoms with van der Waals surface area (Å²) in [5.41, 5.74) is 1.45. The lowest BCUT2D eigenvalue weighted by Gasteiger charge is -2.54. The van der Waals surface area contributed by atoms with E-state index in [4.69, 9.17) is 9.15 Å². The summed E-state index contributed by atoms with van der Waals surface area (Å²) in [6.07, 6.45) is 10.1. The molecule has 0 radical (unpaired) electrons. The lowest BCUT2D eigenvalue weighted by Crippen LogP contribution is -2.65. The zero-order chi connectivity index (χ0) is 15.4. The molecule has 2 aliphatic rings. The van der Waals surface area contributed by atoms with E-state index in [1.807, 2.05) is 13.1 Å². The predicted octanol–water partition coefficient (Wildman–Crippen LogP) is 2.68. The van der Waals surface area contributed by atoms with Gasteiger partial charge in [-0.1, -0.05) is 12.8 Å². The number of hydrogen-bond donors (Lipinski definition) is 2. The molecular formula is C17H27N3O2. The van der Waals surface area contributed by atoms with Gasteiger partial charge in [0.25, 0.3) is 0 Å². The van der Waals surface area contributed by atoms with Crippen LogP contribution in [0.4, 0.5) is 0 Å². The normalized spacial score (nSPS) is 26.9. The van der Waals surface area contributed by atoms with E-state index >= 15 is 0 Å². The summed E-state index contributed by atoms with van der Waals surface area (Å²) in [4.78, 5) is 4.36. The first kappa shape index (κ1) is 15.4. The van der Waals surface area contributed by atoms with Crippen LogP contribution in [-0.4, -0.2) is 31.8 Å². The van der Waals surface area contributed by atoms with Crippen molar-refractivity contribution in [2.75, 3.05) is 13.7 Å². The van der Waals surface area contributed by atoms with Crippen LogP contribution in [0.3, 0.4) is 0 Å². The topological polar surface area (TPSA) is 58.8 Å². The standard InChI is InChI=1S/C17H27N3O2/c1-3-22-15-10-14(17(15)7-4-5-8-17)20-16(18-2)19-11-13-6-9-21-12-13/h6,9,12,14-15H,3-5,7-8,10-11H2,1-2H3,(H2,18,19,20). The molecule has 0 saturated heterocycles. The fourth-order valence-corrected chi connectivity index (χ4v) is 4.03. The summed E-state index contributed by atoms with van der Waals surface area (Å²) in [5, 5.41) is 6.98. The number of nitrogens with zero attached hydrogens (tertiary/aromatic N) is 1. The highest BCUT2D eigenvalue weighted by molar-refractivity contribution is 5.80. The van der Waals surface area contributed by atoms with Gasteiger partial charge in [-0.3, -0.25) is 4.99 Å². The van der Waals surface area contributed by atoms with Crippen molar-refractivity contribution in [2.45, 2.75) is 57.7 Å². The molecule has 0 bridgehead atoms. The highest BCUT2D eigenvalue weighted by atomic mass is 16.5. The maximum Gasteiger partial charge on any atom is 0.191 e. The highest BCUT2D eigenvalue weighted by Gasteiger charge is 2.56. The van der Waals surface area contributed by atoms with Gasteiger partial charge in [0.05, 0.1) is 18.6 Å². The molecule has 22 heavy (non-hydrogen) atoms. The third-order valence-electron chi connectivity index (χ3n) is 5.26. The molecule has 5 nitrogen and oxygen atoms in total. The van der Waals surface area contributed by atoms with Gasteiger partial charge in [0.1, 0.15) is 0 Å². The van der Waals surface area contributed by atoms with Crippen LogP contribution in [-0.2, 0) is 11.3 Å². The van der Waals surface area contributed by atoms with Crippen molar-refractivity contribution in [3.8, 4) is 0 Å². The van der Waals surface area contributed by atoms with Crippen molar-refractivity contribution in [3.63, 3.8) is 0 Å². The smallest absolute Gasteiger partial charge is 0.191 e. The molecule has 2 fully saturated rings. The molecule has 0 amide bonds. The van der Waals surface area contributed by atoms with Crippen molar-refractivity contribution in [1.29, 1.82) is 0 Å². The Bertz CT molecular complexity index is 492. The Labute approximate surface area is 132 Å². The average Bonchev–Trinajstić information content (AvgIpc) is 3.21. The van der Waals surface area contributed by atoms with Gasteiger partial charge in [-0.15, -0.1) is 0 Å². The molecule has 2 unspecified atom stereocenters. The Balaban J connectivity index is 1.57. The minimum Gasteiger partial charge on any atom is -0.472 e. The Kier molecular flexibility index (Phi) is 4.71. The molecule has 1 heterocycles. The lowest BCUT2D eigenvalue weighted by molar-refractivity contribution is -0.125. The maximum absolute atomic E-state index is 5.97. The lowest BCUT2D eigenvalue weighted by atomic mass is 9.60. The first-order valence-corrected chi connectivity index (χ1v) is 8.38. The molecule has 3 rings (SSSR count). The molecule has 1 spiro atoms. The molecule has 2 saturated carbocycles. The second-order valence-corrected chi connectivity index (χ2v) is 6.37. The molecule has 2 N–H and O–H groups in total. The Morgan fingerprint density at radius 1 is 1.45 bits per heavy atom. The molecule has 1 aromatic heterocycles. The van der Waals surface area contributed by atoms with E-state index in [9.17, 15) is 0 Å². The van der Waals surface area contributed by atoms with Gasteiger partial charge in [0.15, 0.2) is 5.96 Å². The molecule has 1 aromatic rings. The third-order valence-corrected chi connectivity index (χ3v) is 5.26. The highest BCUT2D eigenvalue weighted by Crippen LogP contribution is 2.54. The Hall–Kier alpha value is -1.49. The van der Waals surface area contributed by atoms with Crippen LogP contribution in [0.25, 0.3) is 0 Å². The molecule has 0 aliphatic heterocycles. The van der Waals surface area contributed by atoms with E-state index in [2.05, 4.69) is 22.5 Å². The van der Waals surface area contributed by atoms with Gasteiger partial charge in [0.2, 0.25) is 0 Å². The molecule has 2 atom stereocenters. The summed E-state index contributed by atoms with van der Waals surface area (Å²) in [7, 11) is 1.82. The van der Waals surface area contributed by atoms with Gasteiger partial charge < -0.3 is 19.8 Å². The van der Waals surface area contributed by atoms with E-state index in [0.717, 1.165) is 31.1 Å². The SMILES string of the molecule is CCOC1CC(NC(=NC)NCc2ccoc2)C12CCCC2. The van der Waals surface area contributed by atoms with Crippen LogP contribution < -0.4 is 10.6 Å². The van der Waals surface area contributed by atoms with Gasteiger partial charge in [-0.25, -0.2) is 0 Å². The summed E-state index contributed by atoms with van der Waals surface area (Å²) in [6.45, 7) is 3.63. The van der Waals surface area contributed by atoms with Gasteiger partial charge in [0, 0.05) is 37.2 Å². The number of rotatable bonds is 5. The van der Waals surface area contributed by atoms with Crippen molar-refractivity contribution in [2.24, 2.45) is 10.4 Å². The van der Waals surface area contributed by atoms with Crippen molar-refractivity contribution in [1.82, 2.24) is 10.6 Å². The summed E-state index contributed by atoms with van der Waals surface area (Å²) in [6, 6.07) is 2.44. The molecule has 0 aromatic carbocycles. The molecule has 5 heteroatoms. The first-order chi connectivity index (χ1) is 10.8. The van der Waals surface area contributed by atoms with Crippen molar-refractivity contribution in [3.05, 3.63) is 24.2 Å². The second kappa shape index (κ2) is 6.73. The summed E-state index contributed by atoms with van der Waals surface area (Å²) >= 11 is 0. The predicted molar refractivity (Wildman–Crippen MR) is 86.8 cm³/mol. The summed E-state index contributed by atoms with van der Waals surface area (Å²) < 4.78 is 11.1. The van der Waals surface area contributed by atoms with Gasteiger partial charge >= 0.3 is 0 Å². The number of aliphatic imine (C=N–C) groups is 1. The number of nitrogens with one attached hydrogen (secondary N) is 2. The van der Waals surface area contributed by atoms with Crippen LogP contribution in [0.5, 0.6) is 0 Å². The van der Waals surface area contributed by atoms with Crippen LogP contribution in [0.2, 0.25) is 0 Å². The Morgan fingerprint density at radius 2 is 2.27 bits per heavy atom. The fourth-order valence-electron chi connectivity index (χ4n) is 4.03. The van der Waals surface area contributed by atoms with Crippen LogP contribution in [0, 0.1) is 5.41 Å². The zero-order valence-electron chi connectivity index (χ0n) is 13.6.